The van der Waals surface area contributed by atoms with E-state index in [0.29, 0.717) is 6.42 Å². The Hall–Kier alpha value is -0.970. The van der Waals surface area contributed by atoms with Gasteiger partial charge >= 0.3 is 0 Å². The van der Waals surface area contributed by atoms with E-state index in [1.54, 1.807) is 0 Å². The molecule has 0 saturated heterocycles. The van der Waals surface area contributed by atoms with Crippen LogP contribution in [-0.4, -0.2) is 28.8 Å². The molecule has 0 aliphatic heterocycles. The van der Waals surface area contributed by atoms with Gasteiger partial charge in [-0.25, -0.2) is 0 Å². The third kappa shape index (κ3) is 4.27. The Bertz CT molecular complexity index is 440. The van der Waals surface area contributed by atoms with Crippen molar-refractivity contribution in [1.82, 2.24) is 5.32 Å². The number of hydrogen-bond acceptors (Lipinski definition) is 3. The summed E-state index contributed by atoms with van der Waals surface area (Å²) in [6.07, 6.45) is 0.440. The second kappa shape index (κ2) is 6.98. The fourth-order valence-corrected chi connectivity index (χ4v) is 2.31. The zero-order valence-electron chi connectivity index (χ0n) is 10.8. The number of aliphatic hydroxyl groups is 1. The van der Waals surface area contributed by atoms with E-state index in [2.05, 4.69) is 5.32 Å². The maximum absolute atomic E-state index is 12.1. The molecule has 1 amide bonds. The van der Waals surface area contributed by atoms with Crippen LogP contribution in [0.5, 0.6) is 5.75 Å². The molecule has 1 atom stereocenters. The van der Waals surface area contributed by atoms with Gasteiger partial charge in [-0.2, -0.15) is 0 Å². The molecule has 6 heteroatoms. The molecular weight excluding hydrogens is 289 g/mol. The van der Waals surface area contributed by atoms with Crippen molar-refractivity contribution in [3.05, 3.63) is 27.7 Å². The van der Waals surface area contributed by atoms with Crippen LogP contribution in [-0.2, 0) is 0 Å². The summed E-state index contributed by atoms with van der Waals surface area (Å²) in [6, 6.07) is 2.47. The molecule has 1 unspecified atom stereocenters. The van der Waals surface area contributed by atoms with Crippen molar-refractivity contribution in [2.24, 2.45) is 5.92 Å². The van der Waals surface area contributed by atoms with Gasteiger partial charge in [-0.05, 0) is 24.5 Å². The average molecular weight is 306 g/mol. The normalized spacial score (nSPS) is 12.5. The van der Waals surface area contributed by atoms with Gasteiger partial charge in [-0.15, -0.1) is 0 Å². The van der Waals surface area contributed by atoms with Gasteiger partial charge in [0.05, 0.1) is 10.6 Å². The van der Waals surface area contributed by atoms with Crippen LogP contribution in [0.1, 0.15) is 30.6 Å². The SMILES string of the molecule is CC(C)C(CCO)NC(=O)c1c(O)cc(Cl)cc1Cl. The molecule has 4 nitrogen and oxygen atoms in total. The van der Waals surface area contributed by atoms with Gasteiger partial charge in [0.25, 0.3) is 5.91 Å². The minimum atomic E-state index is -0.480. The number of rotatable bonds is 5. The fraction of sp³-hybridized carbons (Fsp3) is 0.462. The van der Waals surface area contributed by atoms with E-state index < -0.39 is 5.91 Å². The zero-order valence-corrected chi connectivity index (χ0v) is 12.3. The topological polar surface area (TPSA) is 69.6 Å². The highest BCUT2D eigenvalue weighted by Gasteiger charge is 2.21. The molecule has 1 aromatic carbocycles. The summed E-state index contributed by atoms with van der Waals surface area (Å²) in [4.78, 5) is 12.1. The molecule has 0 aromatic heterocycles. The predicted octanol–water partition coefficient (Wildman–Crippen LogP) is 2.84. The van der Waals surface area contributed by atoms with Gasteiger partial charge < -0.3 is 15.5 Å². The molecule has 0 aliphatic carbocycles. The van der Waals surface area contributed by atoms with E-state index in [-0.39, 0.29) is 39.9 Å². The second-order valence-corrected chi connectivity index (χ2v) is 5.46. The first kappa shape index (κ1) is 16.1. The maximum Gasteiger partial charge on any atom is 0.256 e. The number of nitrogens with one attached hydrogen (secondary N) is 1. The molecule has 0 bridgehead atoms. The van der Waals surface area contributed by atoms with E-state index in [1.165, 1.54) is 12.1 Å². The lowest BCUT2D eigenvalue weighted by Gasteiger charge is -2.22. The highest BCUT2D eigenvalue weighted by Crippen LogP contribution is 2.30. The van der Waals surface area contributed by atoms with Crippen molar-refractivity contribution in [3.63, 3.8) is 0 Å². The summed E-state index contributed by atoms with van der Waals surface area (Å²) in [5.74, 6) is -0.586. The maximum atomic E-state index is 12.1. The van der Waals surface area contributed by atoms with E-state index in [4.69, 9.17) is 28.3 Å². The molecule has 3 N–H and O–H groups in total. The number of benzene rings is 1. The minimum Gasteiger partial charge on any atom is -0.507 e. The molecule has 19 heavy (non-hydrogen) atoms. The number of aromatic hydroxyl groups is 1. The van der Waals surface area contributed by atoms with Gasteiger partial charge in [0.15, 0.2) is 0 Å². The van der Waals surface area contributed by atoms with Crippen molar-refractivity contribution in [3.8, 4) is 5.75 Å². The summed E-state index contributed by atoms with van der Waals surface area (Å²) < 4.78 is 0. The first-order valence-electron chi connectivity index (χ1n) is 5.96. The van der Waals surface area contributed by atoms with Gasteiger partial charge in [-0.1, -0.05) is 37.0 Å². The minimum absolute atomic E-state index is 0.00495. The second-order valence-electron chi connectivity index (χ2n) is 4.62. The zero-order chi connectivity index (χ0) is 14.6. The largest absolute Gasteiger partial charge is 0.507 e. The van der Waals surface area contributed by atoms with Crippen molar-refractivity contribution in [1.29, 1.82) is 0 Å². The lowest BCUT2D eigenvalue weighted by molar-refractivity contribution is 0.0914. The lowest BCUT2D eigenvalue weighted by Crippen LogP contribution is -2.39. The Morgan fingerprint density at radius 1 is 1.37 bits per heavy atom. The van der Waals surface area contributed by atoms with Crippen LogP contribution >= 0.6 is 23.2 Å². The molecule has 106 valence electrons. The van der Waals surface area contributed by atoms with Crippen molar-refractivity contribution >= 4 is 29.1 Å². The number of phenolic OH excluding ortho intramolecular Hbond substituents is 1. The third-order valence-electron chi connectivity index (χ3n) is 2.82. The van der Waals surface area contributed by atoms with Crippen molar-refractivity contribution in [2.75, 3.05) is 6.61 Å². The van der Waals surface area contributed by atoms with Crippen LogP contribution in [0.15, 0.2) is 12.1 Å². The highest BCUT2D eigenvalue weighted by atomic mass is 35.5. The van der Waals surface area contributed by atoms with Gasteiger partial charge in [0.1, 0.15) is 5.75 Å². The first-order chi connectivity index (χ1) is 8.86. The summed E-state index contributed by atoms with van der Waals surface area (Å²) >= 11 is 11.6. The molecule has 0 saturated carbocycles. The summed E-state index contributed by atoms with van der Waals surface area (Å²) in [5, 5.41) is 21.8. The van der Waals surface area contributed by atoms with Crippen LogP contribution in [0, 0.1) is 5.92 Å². The smallest absolute Gasteiger partial charge is 0.256 e. The molecule has 0 fully saturated rings. The van der Waals surface area contributed by atoms with Crippen LogP contribution in [0.4, 0.5) is 0 Å². The van der Waals surface area contributed by atoms with Crippen molar-refractivity contribution < 1.29 is 15.0 Å². The molecule has 0 spiro atoms. The highest BCUT2D eigenvalue weighted by molar-refractivity contribution is 6.37. The molecule has 1 rings (SSSR count). The van der Waals surface area contributed by atoms with Crippen LogP contribution in [0.2, 0.25) is 10.0 Å². The average Bonchev–Trinajstić information content (AvgIpc) is 2.26. The third-order valence-corrected chi connectivity index (χ3v) is 3.34. The number of carbonyl (C=O) groups excluding carboxylic acids is 1. The standard InChI is InChI=1S/C13H17Cl2NO3/c1-7(2)10(3-4-17)16-13(19)12-9(15)5-8(14)6-11(12)18/h5-7,10,17-18H,3-4H2,1-2H3,(H,16,19). The summed E-state index contributed by atoms with van der Waals surface area (Å²) in [7, 11) is 0. The Labute approximate surface area is 122 Å². The molecule has 0 heterocycles. The van der Waals surface area contributed by atoms with E-state index in [0.717, 1.165) is 0 Å². The Morgan fingerprint density at radius 3 is 2.47 bits per heavy atom. The van der Waals surface area contributed by atoms with Gasteiger partial charge in [0, 0.05) is 17.7 Å². The van der Waals surface area contributed by atoms with Crippen LogP contribution < -0.4 is 5.32 Å². The summed E-state index contributed by atoms with van der Waals surface area (Å²) in [5.41, 5.74) is -0.00495. The Morgan fingerprint density at radius 2 is 2.00 bits per heavy atom. The van der Waals surface area contributed by atoms with Gasteiger partial charge in [-0.3, -0.25) is 4.79 Å². The predicted molar refractivity (Wildman–Crippen MR) is 75.9 cm³/mol. The monoisotopic (exact) mass is 305 g/mol. The quantitative estimate of drug-likeness (QED) is 0.783. The first-order valence-corrected chi connectivity index (χ1v) is 6.72. The summed E-state index contributed by atoms with van der Waals surface area (Å²) in [6.45, 7) is 3.84. The van der Waals surface area contributed by atoms with Crippen LogP contribution in [0.3, 0.4) is 0 Å². The number of halogens is 2. The van der Waals surface area contributed by atoms with E-state index >= 15 is 0 Å². The number of amides is 1. The lowest BCUT2D eigenvalue weighted by atomic mass is 10.0. The fourth-order valence-electron chi connectivity index (χ4n) is 1.74. The number of aliphatic hydroxyl groups excluding tert-OH is 1. The number of hydrogen-bond donors (Lipinski definition) is 3. The van der Waals surface area contributed by atoms with Gasteiger partial charge in [0.2, 0.25) is 0 Å². The van der Waals surface area contributed by atoms with Crippen LogP contribution in [0.25, 0.3) is 0 Å². The Kier molecular flexibility index (Phi) is 5.91. The number of carbonyl (C=O) groups is 1. The molecule has 0 radical (unpaired) electrons. The number of phenols is 1. The van der Waals surface area contributed by atoms with E-state index in [9.17, 15) is 9.90 Å². The molecule has 1 aromatic rings. The molecular formula is C13H17Cl2NO3. The van der Waals surface area contributed by atoms with Crippen molar-refractivity contribution in [2.45, 2.75) is 26.3 Å². The Balaban J connectivity index is 2.94. The molecule has 0 aliphatic rings. The van der Waals surface area contributed by atoms with E-state index in [1.807, 2.05) is 13.8 Å².